The minimum atomic E-state index is -1.60. The van der Waals surface area contributed by atoms with Crippen molar-refractivity contribution >= 4 is 0 Å². The summed E-state index contributed by atoms with van der Waals surface area (Å²) in [5.74, 6) is 0.0821. The maximum atomic E-state index is 12.6. The molecule has 7 aliphatic rings. The van der Waals surface area contributed by atoms with Crippen molar-refractivity contribution in [2.45, 2.75) is 218 Å². The quantitative estimate of drug-likeness (QED) is 0.118. The number of fused-ring (bicyclic) bond motifs is 5. The van der Waals surface area contributed by atoms with E-state index in [1.165, 1.54) is 5.57 Å². The second-order valence-corrected chi connectivity index (χ2v) is 23.5. The minimum Gasteiger partial charge on any atom is -0.394 e. The summed E-state index contributed by atoms with van der Waals surface area (Å²) in [5, 5.41) is 112. The van der Waals surface area contributed by atoms with Crippen LogP contribution in [0.2, 0.25) is 0 Å². The first kappa shape index (κ1) is 51.9. The van der Waals surface area contributed by atoms with Crippen LogP contribution in [0, 0.1) is 57.2 Å². The number of ether oxygens (including phenoxy) is 5. The Bertz CT molecular complexity index is 1660. The van der Waals surface area contributed by atoms with Crippen LogP contribution in [0.3, 0.4) is 0 Å². The van der Waals surface area contributed by atoms with Gasteiger partial charge in [-0.1, -0.05) is 67.0 Å². The standard InChI is InChI=1S/C49H85NO15/c1-23(11-15-32(46(6,7)60)50-42-40(58)35(53)24(2)21-61-42)26-17-18-47(8)31-14-12-27-28(49(31,10)33(52)19-48(26,47)9)13-16-34(45(27,4)5)65-44-41(59)39(57)38(56)30(64-44)22-62-43-25(3)36(54)37(55)29(20-51)63-43/h12,23-26,28-44,50-60H,11,13-22H2,1-10H3/t23-,24-,25-,26?,28?,29-,30-,31?,32-,33-,34+,35+,36-,37-,38-,39+,40-,41-,42-,43-,44+,47+,48-,49+/m1/s1. The summed E-state index contributed by atoms with van der Waals surface area (Å²) in [7, 11) is 0. The van der Waals surface area contributed by atoms with Crippen LogP contribution < -0.4 is 5.32 Å². The molecular formula is C49H85NO15. The summed E-state index contributed by atoms with van der Waals surface area (Å²) in [6, 6.07) is -0.380. The van der Waals surface area contributed by atoms with Gasteiger partial charge in [0, 0.05) is 28.7 Å². The van der Waals surface area contributed by atoms with Gasteiger partial charge >= 0.3 is 0 Å². The molecule has 0 aromatic rings. The SMILES string of the molecule is C[C@H]1[C@H](OC[C@H]2O[C@@H](O[C@H]3CCC4C(=CCC5[C@@]4(C)[C@H](O)C[C@]4(C)C([C@H](C)CC[C@@H](N[C@@H]6OC[C@@H](C)[C@H](O)[C@H]6O)C(C)(C)O)CC[C@@]54C)C3(C)C)[C@H](O)[C@@H](O)[C@@H]2O)O[C@H](CO)[C@@H](O)[C@@H]1O. The summed E-state index contributed by atoms with van der Waals surface area (Å²) in [6.45, 7) is 20.2. The molecule has 0 aromatic heterocycles. The monoisotopic (exact) mass is 928 g/mol. The summed E-state index contributed by atoms with van der Waals surface area (Å²) in [4.78, 5) is 0. The number of aliphatic hydroxyl groups is 10. The van der Waals surface area contributed by atoms with E-state index in [2.05, 4.69) is 52.9 Å². The average Bonchev–Trinajstić information content (AvgIpc) is 3.51. The van der Waals surface area contributed by atoms with Crippen molar-refractivity contribution in [3.8, 4) is 0 Å². The molecule has 65 heavy (non-hydrogen) atoms. The number of hydrogen-bond donors (Lipinski definition) is 11. The van der Waals surface area contributed by atoms with E-state index < -0.39 is 115 Å². The van der Waals surface area contributed by atoms with Crippen molar-refractivity contribution < 1.29 is 74.7 Å². The van der Waals surface area contributed by atoms with Crippen LogP contribution in [-0.4, -0.2) is 168 Å². The van der Waals surface area contributed by atoms with E-state index >= 15 is 0 Å². The van der Waals surface area contributed by atoms with Gasteiger partial charge < -0.3 is 74.7 Å². The topological polar surface area (TPSA) is 260 Å². The molecule has 0 amide bonds. The second kappa shape index (κ2) is 19.0. The van der Waals surface area contributed by atoms with Crippen molar-refractivity contribution in [3.63, 3.8) is 0 Å². The van der Waals surface area contributed by atoms with Gasteiger partial charge in [0.1, 0.15) is 49.0 Å². The summed E-state index contributed by atoms with van der Waals surface area (Å²) in [6.07, 6.45) is -6.74. The molecule has 16 nitrogen and oxygen atoms in total. The highest BCUT2D eigenvalue weighted by molar-refractivity contribution is 5.32. The maximum Gasteiger partial charge on any atom is 0.187 e. The fraction of sp³-hybridized carbons (Fsp3) is 0.959. The Balaban J connectivity index is 1.02. The lowest BCUT2D eigenvalue weighted by Gasteiger charge is -2.67. The van der Waals surface area contributed by atoms with Crippen molar-refractivity contribution in [1.82, 2.24) is 5.32 Å². The Morgan fingerprint density at radius 1 is 0.800 bits per heavy atom. The molecule has 3 unspecified atom stereocenters. The van der Waals surface area contributed by atoms with Crippen LogP contribution in [0.4, 0.5) is 0 Å². The van der Waals surface area contributed by atoms with E-state index in [4.69, 9.17) is 23.7 Å². The van der Waals surface area contributed by atoms with Crippen LogP contribution in [-0.2, 0) is 23.7 Å². The molecule has 6 fully saturated rings. The zero-order valence-corrected chi connectivity index (χ0v) is 40.5. The third kappa shape index (κ3) is 8.96. The number of hydrogen-bond acceptors (Lipinski definition) is 16. The molecule has 3 saturated heterocycles. The smallest absolute Gasteiger partial charge is 0.187 e. The first-order valence-electron chi connectivity index (χ1n) is 24.7. The number of aliphatic hydroxyl groups excluding tert-OH is 9. The van der Waals surface area contributed by atoms with Crippen LogP contribution in [0.1, 0.15) is 121 Å². The molecule has 11 N–H and O–H groups in total. The van der Waals surface area contributed by atoms with Crippen molar-refractivity contribution in [2.24, 2.45) is 57.2 Å². The Morgan fingerprint density at radius 3 is 2.12 bits per heavy atom. The van der Waals surface area contributed by atoms with Gasteiger partial charge in [0.15, 0.2) is 12.6 Å². The number of nitrogens with one attached hydrogen (secondary N) is 1. The van der Waals surface area contributed by atoms with E-state index in [9.17, 15) is 51.1 Å². The van der Waals surface area contributed by atoms with E-state index in [1.807, 2.05) is 6.92 Å². The van der Waals surface area contributed by atoms with Gasteiger partial charge in [0.2, 0.25) is 0 Å². The average molecular weight is 928 g/mol. The molecule has 3 saturated carbocycles. The van der Waals surface area contributed by atoms with Crippen LogP contribution >= 0.6 is 0 Å². The third-order valence-electron chi connectivity index (χ3n) is 19.1. The third-order valence-corrected chi connectivity index (χ3v) is 19.1. The molecule has 0 radical (unpaired) electrons. The first-order valence-corrected chi connectivity index (χ1v) is 24.7. The molecule has 0 spiro atoms. The van der Waals surface area contributed by atoms with Crippen molar-refractivity contribution in [1.29, 1.82) is 0 Å². The molecule has 4 aliphatic carbocycles. The van der Waals surface area contributed by atoms with Gasteiger partial charge in [-0.2, -0.15) is 0 Å². The van der Waals surface area contributed by atoms with Gasteiger partial charge in [0.05, 0.1) is 49.8 Å². The molecule has 376 valence electrons. The van der Waals surface area contributed by atoms with E-state index in [-0.39, 0.29) is 41.2 Å². The maximum absolute atomic E-state index is 12.6. The highest BCUT2D eigenvalue weighted by Crippen LogP contribution is 2.75. The fourth-order valence-electron chi connectivity index (χ4n) is 14.4. The zero-order valence-electron chi connectivity index (χ0n) is 40.5. The molecule has 16 heteroatoms. The predicted molar refractivity (Wildman–Crippen MR) is 237 cm³/mol. The predicted octanol–water partition coefficient (Wildman–Crippen LogP) is 1.71. The lowest BCUT2D eigenvalue weighted by molar-refractivity contribution is -0.335. The highest BCUT2D eigenvalue weighted by Gasteiger charge is 2.70. The Hall–Kier alpha value is -0.900. The van der Waals surface area contributed by atoms with Gasteiger partial charge in [-0.15, -0.1) is 0 Å². The first-order chi connectivity index (χ1) is 30.2. The van der Waals surface area contributed by atoms with Crippen LogP contribution in [0.25, 0.3) is 0 Å². The second-order valence-electron chi connectivity index (χ2n) is 23.5. The van der Waals surface area contributed by atoms with Gasteiger partial charge in [0.25, 0.3) is 0 Å². The highest BCUT2D eigenvalue weighted by atomic mass is 16.7. The summed E-state index contributed by atoms with van der Waals surface area (Å²) in [5.41, 5.74) is -1.02. The van der Waals surface area contributed by atoms with Gasteiger partial charge in [-0.3, -0.25) is 5.32 Å². The Labute approximate surface area is 386 Å². The Morgan fingerprint density at radius 2 is 1.46 bits per heavy atom. The van der Waals surface area contributed by atoms with Gasteiger partial charge in [-0.05, 0) is 99.7 Å². The summed E-state index contributed by atoms with van der Waals surface area (Å²) >= 11 is 0. The molecule has 0 bridgehead atoms. The van der Waals surface area contributed by atoms with Crippen molar-refractivity contribution in [3.05, 3.63) is 11.6 Å². The lowest BCUT2D eigenvalue weighted by Crippen LogP contribution is -2.65. The molecule has 0 aromatic carbocycles. The molecule has 7 rings (SSSR count). The largest absolute Gasteiger partial charge is 0.394 e. The van der Waals surface area contributed by atoms with Crippen molar-refractivity contribution in [2.75, 3.05) is 19.8 Å². The van der Waals surface area contributed by atoms with E-state index in [0.717, 1.165) is 32.1 Å². The minimum absolute atomic E-state index is 0.0499. The molecule has 3 heterocycles. The molecule has 3 aliphatic heterocycles. The van der Waals surface area contributed by atoms with Crippen LogP contribution in [0.15, 0.2) is 11.6 Å². The normalized spacial score (nSPS) is 51.0. The van der Waals surface area contributed by atoms with E-state index in [1.54, 1.807) is 20.8 Å². The molecular weight excluding hydrogens is 843 g/mol. The Kier molecular flexibility index (Phi) is 15.2. The number of allylic oxidation sites excluding steroid dienone is 1. The lowest BCUT2D eigenvalue weighted by atomic mass is 9.38. The van der Waals surface area contributed by atoms with Gasteiger partial charge in [-0.25, -0.2) is 0 Å². The van der Waals surface area contributed by atoms with E-state index in [0.29, 0.717) is 37.7 Å². The number of rotatable bonds is 13. The molecule has 24 atom stereocenters. The zero-order chi connectivity index (χ0) is 47.9. The fourth-order valence-corrected chi connectivity index (χ4v) is 14.4. The van der Waals surface area contributed by atoms with Crippen LogP contribution in [0.5, 0.6) is 0 Å². The summed E-state index contributed by atoms with van der Waals surface area (Å²) < 4.78 is 30.2.